The molecule has 16 heavy (non-hydrogen) atoms. The first-order valence-corrected chi connectivity index (χ1v) is 6.50. The molecule has 0 saturated heterocycles. The van der Waals surface area contributed by atoms with Crippen molar-refractivity contribution < 1.29 is 0 Å². The predicted octanol–water partition coefficient (Wildman–Crippen LogP) is 5.49. The molecule has 0 fully saturated rings. The van der Waals surface area contributed by atoms with Gasteiger partial charge in [-0.25, -0.2) is 0 Å². The van der Waals surface area contributed by atoms with Gasteiger partial charge in [0.2, 0.25) is 0 Å². The fraction of sp³-hybridized carbons (Fsp3) is 0.500. The number of benzene rings is 1. The van der Waals surface area contributed by atoms with E-state index in [0.717, 1.165) is 12.1 Å². The van der Waals surface area contributed by atoms with Crippen molar-refractivity contribution in [1.82, 2.24) is 0 Å². The highest BCUT2D eigenvalue weighted by atomic mass is 35.5. The van der Waals surface area contributed by atoms with Crippen LogP contribution in [0.25, 0.3) is 0 Å². The highest BCUT2D eigenvalue weighted by Crippen LogP contribution is 2.33. The topological polar surface area (TPSA) is 12.0 Å². The van der Waals surface area contributed by atoms with E-state index in [2.05, 4.69) is 26.1 Å². The summed E-state index contributed by atoms with van der Waals surface area (Å²) < 4.78 is 0. The normalized spacial score (nSPS) is 12.9. The molecule has 4 heteroatoms. The van der Waals surface area contributed by atoms with Crippen LogP contribution >= 0.6 is 34.8 Å². The monoisotopic (exact) mass is 279 g/mol. The summed E-state index contributed by atoms with van der Waals surface area (Å²) in [5.41, 5.74) is 0.844. The number of hydrogen-bond acceptors (Lipinski definition) is 1. The lowest BCUT2D eigenvalue weighted by atomic mass is 10.0. The average molecular weight is 281 g/mol. The molecule has 1 aromatic carbocycles. The van der Waals surface area contributed by atoms with E-state index in [0.29, 0.717) is 27.0 Å². The first-order valence-electron chi connectivity index (χ1n) is 5.36. The second-order valence-corrected chi connectivity index (χ2v) is 5.37. The van der Waals surface area contributed by atoms with Gasteiger partial charge in [-0.3, -0.25) is 0 Å². The Bertz CT molecular complexity index is 364. The third kappa shape index (κ3) is 3.44. The number of nitrogens with one attached hydrogen (secondary N) is 1. The highest BCUT2D eigenvalue weighted by Gasteiger charge is 2.13. The molecule has 0 radical (unpaired) electrons. The Morgan fingerprint density at radius 2 is 1.62 bits per heavy atom. The number of rotatable bonds is 4. The average Bonchev–Trinajstić information content (AvgIpc) is 2.21. The molecule has 1 rings (SSSR count). The summed E-state index contributed by atoms with van der Waals surface area (Å²) >= 11 is 17.9. The molecule has 0 aliphatic rings. The summed E-state index contributed by atoms with van der Waals surface area (Å²) in [5, 5.41) is 5.00. The van der Waals surface area contributed by atoms with Gasteiger partial charge in [0.1, 0.15) is 0 Å². The molecular weight excluding hydrogens is 264 g/mol. The Hall–Kier alpha value is -0.110. The molecule has 0 amide bonds. The largest absolute Gasteiger partial charge is 0.381 e. The van der Waals surface area contributed by atoms with E-state index in [1.165, 1.54) is 0 Å². The zero-order valence-corrected chi connectivity index (χ0v) is 11.9. The molecule has 0 heterocycles. The van der Waals surface area contributed by atoms with Gasteiger partial charge < -0.3 is 5.32 Å². The third-order valence-corrected chi connectivity index (χ3v) is 3.63. The first-order chi connectivity index (χ1) is 7.45. The minimum atomic E-state index is 0.384. The summed E-state index contributed by atoms with van der Waals surface area (Å²) in [6.07, 6.45) is 1.04. The van der Waals surface area contributed by atoms with Gasteiger partial charge in [0.05, 0.1) is 20.8 Å². The van der Waals surface area contributed by atoms with Crippen LogP contribution in [0, 0.1) is 5.92 Å². The Morgan fingerprint density at radius 1 is 1.06 bits per heavy atom. The van der Waals surface area contributed by atoms with Crippen molar-refractivity contribution in [2.75, 3.05) is 5.32 Å². The van der Waals surface area contributed by atoms with Gasteiger partial charge in [-0.1, -0.05) is 55.6 Å². The van der Waals surface area contributed by atoms with Gasteiger partial charge in [0.25, 0.3) is 0 Å². The quantitative estimate of drug-likeness (QED) is 0.719. The third-order valence-electron chi connectivity index (χ3n) is 2.60. The molecular formula is C12H16Cl3N. The molecule has 0 aliphatic heterocycles. The minimum Gasteiger partial charge on any atom is -0.381 e. The van der Waals surface area contributed by atoms with Crippen molar-refractivity contribution >= 4 is 40.5 Å². The van der Waals surface area contributed by atoms with Crippen LogP contribution in [0.4, 0.5) is 5.69 Å². The molecule has 1 N–H and O–H groups in total. The summed E-state index contributed by atoms with van der Waals surface area (Å²) in [6.45, 7) is 6.49. The predicted molar refractivity (Wildman–Crippen MR) is 74.0 cm³/mol. The van der Waals surface area contributed by atoms with Gasteiger partial charge in [0, 0.05) is 6.04 Å². The fourth-order valence-corrected chi connectivity index (χ4v) is 2.17. The molecule has 0 saturated carbocycles. The summed E-state index contributed by atoms with van der Waals surface area (Å²) in [5.74, 6) is 0.538. The lowest BCUT2D eigenvalue weighted by Crippen LogP contribution is -2.24. The van der Waals surface area contributed by atoms with Crippen LogP contribution in [0.1, 0.15) is 27.2 Å². The van der Waals surface area contributed by atoms with E-state index in [-0.39, 0.29) is 0 Å². The van der Waals surface area contributed by atoms with E-state index >= 15 is 0 Å². The number of halogens is 3. The van der Waals surface area contributed by atoms with E-state index in [1.807, 2.05) is 0 Å². The van der Waals surface area contributed by atoms with E-state index in [1.54, 1.807) is 12.1 Å². The highest BCUT2D eigenvalue weighted by molar-refractivity contribution is 6.44. The molecule has 0 aromatic heterocycles. The summed E-state index contributed by atoms with van der Waals surface area (Å²) in [4.78, 5) is 0. The zero-order chi connectivity index (χ0) is 12.3. The molecule has 0 bridgehead atoms. The van der Waals surface area contributed by atoms with Crippen molar-refractivity contribution in [3.63, 3.8) is 0 Å². The molecule has 0 aliphatic carbocycles. The van der Waals surface area contributed by atoms with Crippen LogP contribution in [-0.4, -0.2) is 6.04 Å². The number of anilines is 1. The van der Waals surface area contributed by atoms with Crippen molar-refractivity contribution in [3.05, 3.63) is 27.2 Å². The molecule has 1 nitrogen and oxygen atoms in total. The lowest BCUT2D eigenvalue weighted by Gasteiger charge is -2.23. The molecule has 90 valence electrons. The van der Waals surface area contributed by atoms with Crippen molar-refractivity contribution in [1.29, 1.82) is 0 Å². The van der Waals surface area contributed by atoms with Crippen LogP contribution < -0.4 is 5.32 Å². The molecule has 0 spiro atoms. The first kappa shape index (κ1) is 14.0. The second-order valence-electron chi connectivity index (χ2n) is 4.15. The van der Waals surface area contributed by atoms with Gasteiger partial charge >= 0.3 is 0 Å². The van der Waals surface area contributed by atoms with Gasteiger partial charge in [-0.2, -0.15) is 0 Å². The maximum atomic E-state index is 6.10. The minimum absolute atomic E-state index is 0.384. The Balaban J connectivity index is 2.92. The van der Waals surface area contributed by atoms with E-state index in [9.17, 15) is 0 Å². The molecule has 1 aromatic rings. The van der Waals surface area contributed by atoms with E-state index in [4.69, 9.17) is 34.8 Å². The smallest absolute Gasteiger partial charge is 0.0653 e. The zero-order valence-electron chi connectivity index (χ0n) is 9.65. The SMILES string of the molecule is CCC(Nc1cc(Cl)c(Cl)cc1Cl)C(C)C. The fourth-order valence-electron chi connectivity index (χ4n) is 1.57. The Morgan fingerprint density at radius 3 is 2.12 bits per heavy atom. The van der Waals surface area contributed by atoms with Crippen LogP contribution in [0.5, 0.6) is 0 Å². The van der Waals surface area contributed by atoms with Crippen LogP contribution in [-0.2, 0) is 0 Å². The molecule has 1 atom stereocenters. The number of hydrogen-bond donors (Lipinski definition) is 1. The van der Waals surface area contributed by atoms with Crippen LogP contribution in [0.2, 0.25) is 15.1 Å². The summed E-state index contributed by atoms with van der Waals surface area (Å²) in [7, 11) is 0. The van der Waals surface area contributed by atoms with Crippen molar-refractivity contribution in [2.24, 2.45) is 5.92 Å². The van der Waals surface area contributed by atoms with Crippen LogP contribution in [0.15, 0.2) is 12.1 Å². The second kappa shape index (κ2) is 6.00. The lowest BCUT2D eigenvalue weighted by molar-refractivity contribution is 0.511. The summed E-state index contributed by atoms with van der Waals surface area (Å²) in [6, 6.07) is 3.83. The van der Waals surface area contributed by atoms with E-state index < -0.39 is 0 Å². The van der Waals surface area contributed by atoms with Crippen molar-refractivity contribution in [2.45, 2.75) is 33.2 Å². The Kier molecular flexibility index (Phi) is 5.23. The van der Waals surface area contributed by atoms with Gasteiger partial charge in [-0.05, 0) is 24.5 Å². The molecule has 1 unspecified atom stereocenters. The van der Waals surface area contributed by atoms with Gasteiger partial charge in [0.15, 0.2) is 0 Å². The van der Waals surface area contributed by atoms with Gasteiger partial charge in [-0.15, -0.1) is 0 Å². The standard InChI is InChI=1S/C12H16Cl3N/c1-4-11(7(2)3)16-12-6-9(14)8(13)5-10(12)15/h5-7,11,16H,4H2,1-3H3. The Labute approximate surface area is 112 Å². The van der Waals surface area contributed by atoms with Crippen molar-refractivity contribution in [3.8, 4) is 0 Å². The van der Waals surface area contributed by atoms with Crippen LogP contribution in [0.3, 0.4) is 0 Å². The maximum Gasteiger partial charge on any atom is 0.0653 e. The maximum absolute atomic E-state index is 6.10.